The lowest BCUT2D eigenvalue weighted by atomic mass is 10.1. The maximum Gasteiger partial charge on any atom is 0.310 e. The number of nitro groups is 1. The number of rotatable bonds is 4. The van der Waals surface area contributed by atoms with E-state index in [2.05, 4.69) is 19.9 Å². The van der Waals surface area contributed by atoms with Crippen molar-refractivity contribution in [1.82, 2.24) is 15.2 Å². The molecule has 0 bridgehead atoms. The minimum Gasteiger partial charge on any atom is -0.469 e. The van der Waals surface area contributed by atoms with Gasteiger partial charge in [-0.3, -0.25) is 20.0 Å². The Hall–Kier alpha value is -2.77. The Balaban J connectivity index is 2.42. The van der Waals surface area contributed by atoms with Gasteiger partial charge >= 0.3 is 5.97 Å². The molecule has 104 valence electrons. The molecule has 0 amide bonds. The third kappa shape index (κ3) is 2.79. The highest BCUT2D eigenvalue weighted by Gasteiger charge is 2.19. The molecule has 1 aromatic heterocycles. The van der Waals surface area contributed by atoms with Gasteiger partial charge in [-0.25, -0.2) is 4.98 Å². The first-order valence-corrected chi connectivity index (χ1v) is 5.74. The SMILES string of the molecule is COC(=O)Cc1ccc(-c2n[nH]c(C)n2)cc1[N+](=O)[O-]. The Labute approximate surface area is 113 Å². The smallest absolute Gasteiger partial charge is 0.310 e. The molecule has 2 aromatic rings. The van der Waals surface area contributed by atoms with Gasteiger partial charge in [-0.15, -0.1) is 0 Å². The van der Waals surface area contributed by atoms with Crippen molar-refractivity contribution in [2.24, 2.45) is 0 Å². The number of esters is 1. The van der Waals surface area contributed by atoms with E-state index in [0.717, 1.165) is 0 Å². The van der Waals surface area contributed by atoms with Crippen LogP contribution < -0.4 is 0 Å². The van der Waals surface area contributed by atoms with Crippen LogP contribution in [-0.2, 0) is 16.0 Å². The zero-order chi connectivity index (χ0) is 14.7. The van der Waals surface area contributed by atoms with E-state index in [1.165, 1.54) is 19.2 Å². The van der Waals surface area contributed by atoms with Gasteiger partial charge in [-0.05, 0) is 6.92 Å². The molecule has 8 nitrogen and oxygen atoms in total. The number of benzene rings is 1. The number of aromatic nitrogens is 3. The normalized spacial score (nSPS) is 10.3. The van der Waals surface area contributed by atoms with E-state index >= 15 is 0 Å². The Kier molecular flexibility index (Phi) is 3.74. The van der Waals surface area contributed by atoms with Gasteiger partial charge in [0.1, 0.15) is 5.82 Å². The first-order valence-electron chi connectivity index (χ1n) is 5.74. The summed E-state index contributed by atoms with van der Waals surface area (Å²) in [6.45, 7) is 1.73. The Morgan fingerprint density at radius 2 is 2.25 bits per heavy atom. The summed E-state index contributed by atoms with van der Waals surface area (Å²) < 4.78 is 4.52. The van der Waals surface area contributed by atoms with E-state index in [0.29, 0.717) is 17.2 Å². The molecule has 0 unspecified atom stereocenters. The van der Waals surface area contributed by atoms with Crippen LogP contribution in [0.3, 0.4) is 0 Å². The fourth-order valence-corrected chi connectivity index (χ4v) is 1.72. The van der Waals surface area contributed by atoms with Gasteiger partial charge in [0.25, 0.3) is 5.69 Å². The van der Waals surface area contributed by atoms with E-state index in [1.807, 2.05) is 0 Å². The number of nitrogens with one attached hydrogen (secondary N) is 1. The fraction of sp³-hybridized carbons (Fsp3) is 0.250. The topological polar surface area (TPSA) is 111 Å². The number of H-pyrrole nitrogens is 1. The van der Waals surface area contributed by atoms with Crippen LogP contribution in [0.1, 0.15) is 11.4 Å². The van der Waals surface area contributed by atoms with Crippen molar-refractivity contribution >= 4 is 11.7 Å². The lowest BCUT2D eigenvalue weighted by Gasteiger charge is -2.03. The van der Waals surface area contributed by atoms with E-state index < -0.39 is 10.9 Å². The summed E-state index contributed by atoms with van der Waals surface area (Å²) in [4.78, 5) is 25.9. The zero-order valence-electron chi connectivity index (χ0n) is 10.9. The van der Waals surface area contributed by atoms with E-state index in [9.17, 15) is 14.9 Å². The third-order valence-electron chi connectivity index (χ3n) is 2.70. The number of methoxy groups -OCH3 is 1. The largest absolute Gasteiger partial charge is 0.469 e. The van der Waals surface area contributed by atoms with Crippen LogP contribution in [0.5, 0.6) is 0 Å². The maximum atomic E-state index is 11.2. The number of hydrogen-bond donors (Lipinski definition) is 1. The van der Waals surface area contributed by atoms with Crippen molar-refractivity contribution in [3.63, 3.8) is 0 Å². The first kappa shape index (κ1) is 13.7. The summed E-state index contributed by atoms with van der Waals surface area (Å²) in [5, 5.41) is 17.7. The number of hydrogen-bond acceptors (Lipinski definition) is 6. The lowest BCUT2D eigenvalue weighted by Crippen LogP contribution is -2.07. The second kappa shape index (κ2) is 5.47. The molecule has 0 fully saturated rings. The quantitative estimate of drug-likeness (QED) is 0.513. The number of nitro benzene ring substituents is 1. The van der Waals surface area contributed by atoms with E-state index in [1.54, 1.807) is 13.0 Å². The molecule has 2 rings (SSSR count). The second-order valence-corrected chi connectivity index (χ2v) is 4.10. The van der Waals surface area contributed by atoms with Gasteiger partial charge in [0, 0.05) is 17.2 Å². The number of carbonyl (C=O) groups excluding carboxylic acids is 1. The van der Waals surface area contributed by atoms with Gasteiger partial charge in [0.2, 0.25) is 0 Å². The number of aromatic amines is 1. The molecular formula is C12H12N4O4. The first-order chi connectivity index (χ1) is 9.51. The monoisotopic (exact) mass is 276 g/mol. The average molecular weight is 276 g/mol. The van der Waals surface area contributed by atoms with Crippen molar-refractivity contribution in [3.8, 4) is 11.4 Å². The summed E-state index contributed by atoms with van der Waals surface area (Å²) in [5.74, 6) is 0.450. The molecule has 0 atom stereocenters. The van der Waals surface area contributed by atoms with Crippen LogP contribution in [-0.4, -0.2) is 33.2 Å². The lowest BCUT2D eigenvalue weighted by molar-refractivity contribution is -0.385. The number of ether oxygens (including phenoxy) is 1. The molecular weight excluding hydrogens is 264 g/mol. The average Bonchev–Trinajstić information content (AvgIpc) is 2.85. The van der Waals surface area contributed by atoms with Crippen LogP contribution in [0.4, 0.5) is 5.69 Å². The molecule has 0 saturated heterocycles. The Morgan fingerprint density at radius 3 is 2.80 bits per heavy atom. The van der Waals surface area contributed by atoms with Crippen molar-refractivity contribution in [1.29, 1.82) is 0 Å². The minimum absolute atomic E-state index is 0.153. The zero-order valence-corrected chi connectivity index (χ0v) is 10.9. The summed E-state index contributed by atoms with van der Waals surface area (Å²) in [7, 11) is 1.24. The van der Waals surface area contributed by atoms with Crippen LogP contribution >= 0.6 is 0 Å². The van der Waals surface area contributed by atoms with Gasteiger partial charge in [0.05, 0.1) is 18.5 Å². The fourth-order valence-electron chi connectivity index (χ4n) is 1.72. The van der Waals surface area contributed by atoms with Gasteiger partial charge in [-0.2, -0.15) is 5.10 Å². The number of aryl methyl sites for hydroxylation is 1. The minimum atomic E-state index is -0.540. The van der Waals surface area contributed by atoms with E-state index in [4.69, 9.17) is 0 Å². The third-order valence-corrected chi connectivity index (χ3v) is 2.70. The van der Waals surface area contributed by atoms with Gasteiger partial charge in [0.15, 0.2) is 5.82 Å². The molecule has 20 heavy (non-hydrogen) atoms. The Bertz CT molecular complexity index is 665. The van der Waals surface area contributed by atoms with Crippen molar-refractivity contribution in [2.75, 3.05) is 7.11 Å². The molecule has 1 aromatic carbocycles. The molecule has 0 spiro atoms. The molecule has 1 N–H and O–H groups in total. The van der Waals surface area contributed by atoms with Gasteiger partial charge < -0.3 is 4.74 Å². The van der Waals surface area contributed by atoms with E-state index in [-0.39, 0.29) is 17.7 Å². The van der Waals surface area contributed by atoms with Crippen LogP contribution in [0.15, 0.2) is 18.2 Å². The predicted octanol–water partition coefficient (Wildman–Crippen LogP) is 1.40. The highest BCUT2D eigenvalue weighted by atomic mass is 16.6. The van der Waals surface area contributed by atoms with Crippen molar-refractivity contribution < 1.29 is 14.5 Å². The summed E-state index contributed by atoms with van der Waals surface area (Å²) in [5.41, 5.74) is 0.642. The molecule has 0 aliphatic heterocycles. The van der Waals surface area contributed by atoms with Crippen LogP contribution in [0.25, 0.3) is 11.4 Å². The second-order valence-electron chi connectivity index (χ2n) is 4.10. The van der Waals surface area contributed by atoms with Crippen LogP contribution in [0.2, 0.25) is 0 Å². The highest BCUT2D eigenvalue weighted by molar-refractivity contribution is 5.75. The van der Waals surface area contributed by atoms with Crippen molar-refractivity contribution in [2.45, 2.75) is 13.3 Å². The number of nitrogens with zero attached hydrogens (tertiary/aromatic N) is 3. The summed E-state index contributed by atoms with van der Waals surface area (Å²) >= 11 is 0. The van der Waals surface area contributed by atoms with Crippen LogP contribution in [0, 0.1) is 17.0 Å². The molecule has 0 aliphatic carbocycles. The molecule has 8 heteroatoms. The van der Waals surface area contributed by atoms with Gasteiger partial charge in [-0.1, -0.05) is 12.1 Å². The standard InChI is InChI=1S/C12H12N4O4/c1-7-13-12(15-14-7)9-4-3-8(6-11(17)20-2)10(5-9)16(18)19/h3-5H,6H2,1-2H3,(H,13,14,15). The van der Waals surface area contributed by atoms with Crippen molar-refractivity contribution in [3.05, 3.63) is 39.7 Å². The highest BCUT2D eigenvalue weighted by Crippen LogP contribution is 2.25. The molecule has 0 saturated carbocycles. The predicted molar refractivity (Wildman–Crippen MR) is 68.9 cm³/mol. The summed E-state index contributed by atoms with van der Waals surface area (Å²) in [6.07, 6.45) is -0.153. The molecule has 0 radical (unpaired) electrons. The maximum absolute atomic E-state index is 11.2. The summed E-state index contributed by atoms with van der Waals surface area (Å²) in [6, 6.07) is 4.49. The number of carbonyl (C=O) groups is 1. The molecule has 0 aliphatic rings. The molecule has 1 heterocycles. The Morgan fingerprint density at radius 1 is 1.50 bits per heavy atom.